The van der Waals surface area contributed by atoms with Gasteiger partial charge in [-0.25, -0.2) is 14.8 Å². The van der Waals surface area contributed by atoms with Gasteiger partial charge < -0.3 is 10.5 Å². The number of aromatic nitrogens is 2. The third-order valence-corrected chi connectivity index (χ3v) is 1.77. The number of nitrogens with zero attached hydrogens (tertiary/aromatic N) is 2. The van der Waals surface area contributed by atoms with Crippen LogP contribution in [0.15, 0.2) is 12.4 Å². The molecule has 0 atom stereocenters. The molecule has 0 fully saturated rings. The molecule has 1 amide bonds. The highest BCUT2D eigenvalue weighted by atomic mass is 16.6. The SMILES string of the molecule is CC(C)(C)OC(=O)Nc1ncc(C(=O)CN)cn1. The summed E-state index contributed by atoms with van der Waals surface area (Å²) >= 11 is 0. The first-order valence-corrected chi connectivity index (χ1v) is 5.37. The Balaban J connectivity index is 2.64. The van der Waals surface area contributed by atoms with Gasteiger partial charge in [0.25, 0.3) is 0 Å². The van der Waals surface area contributed by atoms with Crippen LogP contribution in [0.4, 0.5) is 10.7 Å². The Bertz CT molecular complexity index is 437. The largest absolute Gasteiger partial charge is 0.444 e. The maximum Gasteiger partial charge on any atom is 0.414 e. The van der Waals surface area contributed by atoms with Crippen LogP contribution in [0.25, 0.3) is 0 Å². The molecule has 0 aromatic carbocycles. The summed E-state index contributed by atoms with van der Waals surface area (Å²) in [6.07, 6.45) is 1.95. The van der Waals surface area contributed by atoms with E-state index in [-0.39, 0.29) is 18.3 Å². The van der Waals surface area contributed by atoms with E-state index in [1.54, 1.807) is 20.8 Å². The minimum atomic E-state index is -0.652. The zero-order chi connectivity index (χ0) is 13.8. The zero-order valence-corrected chi connectivity index (χ0v) is 10.6. The molecule has 0 radical (unpaired) electrons. The Labute approximate surface area is 105 Å². The second kappa shape index (κ2) is 5.54. The Hall–Kier alpha value is -2.02. The summed E-state index contributed by atoms with van der Waals surface area (Å²) < 4.78 is 5.02. The second-order valence-electron chi connectivity index (χ2n) is 4.55. The number of ether oxygens (including phenoxy) is 1. The number of anilines is 1. The predicted octanol–water partition coefficient (Wildman–Crippen LogP) is 0.965. The van der Waals surface area contributed by atoms with Crippen LogP contribution in [0.3, 0.4) is 0 Å². The molecule has 0 unspecified atom stereocenters. The van der Waals surface area contributed by atoms with Crippen LogP contribution in [-0.2, 0) is 4.74 Å². The highest BCUT2D eigenvalue weighted by molar-refractivity contribution is 5.97. The quantitative estimate of drug-likeness (QED) is 0.776. The van der Waals surface area contributed by atoms with E-state index in [1.165, 1.54) is 12.4 Å². The average molecular weight is 252 g/mol. The lowest BCUT2D eigenvalue weighted by atomic mass is 10.2. The van der Waals surface area contributed by atoms with E-state index in [4.69, 9.17) is 10.5 Å². The van der Waals surface area contributed by atoms with Gasteiger partial charge in [0.1, 0.15) is 5.60 Å². The summed E-state index contributed by atoms with van der Waals surface area (Å²) in [5.41, 5.74) is 4.90. The number of ketones is 1. The average Bonchev–Trinajstić information content (AvgIpc) is 2.26. The third-order valence-electron chi connectivity index (χ3n) is 1.77. The molecule has 0 saturated heterocycles. The Kier molecular flexibility index (Phi) is 4.33. The topological polar surface area (TPSA) is 107 Å². The molecule has 7 heteroatoms. The normalized spacial score (nSPS) is 10.9. The van der Waals surface area contributed by atoms with Gasteiger partial charge in [-0.1, -0.05) is 0 Å². The van der Waals surface area contributed by atoms with Crippen LogP contribution in [0.5, 0.6) is 0 Å². The van der Waals surface area contributed by atoms with E-state index < -0.39 is 11.7 Å². The monoisotopic (exact) mass is 252 g/mol. The summed E-state index contributed by atoms with van der Waals surface area (Å²) in [6.45, 7) is 5.13. The lowest BCUT2D eigenvalue weighted by Crippen LogP contribution is -2.27. The van der Waals surface area contributed by atoms with Gasteiger partial charge in [0.2, 0.25) is 5.95 Å². The molecule has 0 aliphatic heterocycles. The van der Waals surface area contributed by atoms with Crippen molar-refractivity contribution in [3.63, 3.8) is 0 Å². The molecule has 98 valence electrons. The highest BCUT2D eigenvalue weighted by Crippen LogP contribution is 2.08. The first-order chi connectivity index (χ1) is 8.31. The molecule has 1 aromatic rings. The number of hydrogen-bond donors (Lipinski definition) is 2. The van der Waals surface area contributed by atoms with E-state index in [0.29, 0.717) is 5.56 Å². The van der Waals surface area contributed by atoms with Crippen molar-refractivity contribution in [3.05, 3.63) is 18.0 Å². The summed E-state index contributed by atoms with van der Waals surface area (Å²) in [6, 6.07) is 0. The van der Waals surface area contributed by atoms with Crippen molar-refractivity contribution in [2.75, 3.05) is 11.9 Å². The van der Waals surface area contributed by atoms with E-state index in [0.717, 1.165) is 0 Å². The number of carbonyl (C=O) groups excluding carboxylic acids is 2. The maximum absolute atomic E-state index is 11.4. The van der Waals surface area contributed by atoms with E-state index in [1.807, 2.05) is 0 Å². The van der Waals surface area contributed by atoms with Crippen molar-refractivity contribution in [1.29, 1.82) is 0 Å². The summed E-state index contributed by atoms with van der Waals surface area (Å²) in [4.78, 5) is 30.3. The molecule has 3 N–H and O–H groups in total. The van der Waals surface area contributed by atoms with Crippen molar-refractivity contribution in [2.24, 2.45) is 5.73 Å². The molecule has 0 aliphatic rings. The van der Waals surface area contributed by atoms with Gasteiger partial charge >= 0.3 is 6.09 Å². The number of rotatable bonds is 3. The maximum atomic E-state index is 11.4. The fourth-order valence-corrected chi connectivity index (χ4v) is 1.05. The van der Waals surface area contributed by atoms with Crippen LogP contribution < -0.4 is 11.1 Å². The van der Waals surface area contributed by atoms with Gasteiger partial charge in [-0.15, -0.1) is 0 Å². The van der Waals surface area contributed by atoms with Crippen LogP contribution in [0.2, 0.25) is 0 Å². The van der Waals surface area contributed by atoms with Gasteiger partial charge in [-0.3, -0.25) is 10.1 Å². The first-order valence-electron chi connectivity index (χ1n) is 5.37. The molecule has 18 heavy (non-hydrogen) atoms. The van der Waals surface area contributed by atoms with Crippen molar-refractivity contribution < 1.29 is 14.3 Å². The van der Waals surface area contributed by atoms with Gasteiger partial charge in [-0.2, -0.15) is 0 Å². The molecular weight excluding hydrogens is 236 g/mol. The molecule has 1 heterocycles. The van der Waals surface area contributed by atoms with Gasteiger partial charge in [0, 0.05) is 12.4 Å². The zero-order valence-electron chi connectivity index (χ0n) is 10.6. The van der Waals surface area contributed by atoms with E-state index in [2.05, 4.69) is 15.3 Å². The minimum Gasteiger partial charge on any atom is -0.444 e. The fraction of sp³-hybridized carbons (Fsp3) is 0.455. The number of nitrogens with one attached hydrogen (secondary N) is 1. The van der Waals surface area contributed by atoms with E-state index in [9.17, 15) is 9.59 Å². The molecule has 0 spiro atoms. The number of Topliss-reactive ketones (excluding diaryl/α,β-unsaturated/α-hetero) is 1. The van der Waals surface area contributed by atoms with Crippen molar-refractivity contribution in [3.8, 4) is 0 Å². The molecule has 0 bridgehead atoms. The number of nitrogens with two attached hydrogens (primary N) is 1. The molecule has 0 saturated carbocycles. The smallest absolute Gasteiger partial charge is 0.414 e. The Morgan fingerprint density at radius 1 is 1.33 bits per heavy atom. The van der Waals surface area contributed by atoms with Crippen LogP contribution in [0.1, 0.15) is 31.1 Å². The highest BCUT2D eigenvalue weighted by Gasteiger charge is 2.17. The number of carbonyl (C=O) groups is 2. The molecular formula is C11H16N4O3. The van der Waals surface area contributed by atoms with Crippen LogP contribution in [0, 0.1) is 0 Å². The van der Waals surface area contributed by atoms with Gasteiger partial charge in [0.15, 0.2) is 5.78 Å². The van der Waals surface area contributed by atoms with E-state index >= 15 is 0 Å². The van der Waals surface area contributed by atoms with Crippen molar-refractivity contribution >= 4 is 17.8 Å². The first kappa shape index (κ1) is 14.0. The standard InChI is InChI=1S/C11H16N4O3/c1-11(2,3)18-10(17)15-9-13-5-7(6-14-9)8(16)4-12/h5-6H,4,12H2,1-3H3,(H,13,14,15,17). The third kappa shape index (κ3) is 4.46. The summed E-state index contributed by atoms with van der Waals surface area (Å²) in [5, 5.41) is 2.36. The summed E-state index contributed by atoms with van der Waals surface area (Å²) in [7, 11) is 0. The predicted molar refractivity (Wildman–Crippen MR) is 65.3 cm³/mol. The summed E-state index contributed by atoms with van der Waals surface area (Å²) in [5.74, 6) is -0.198. The molecule has 7 nitrogen and oxygen atoms in total. The van der Waals surface area contributed by atoms with Crippen LogP contribution in [-0.4, -0.2) is 34.0 Å². The Morgan fingerprint density at radius 3 is 2.33 bits per heavy atom. The molecule has 1 rings (SSSR count). The van der Waals surface area contributed by atoms with Gasteiger partial charge in [0.05, 0.1) is 12.1 Å². The fourth-order valence-electron chi connectivity index (χ4n) is 1.05. The van der Waals surface area contributed by atoms with Crippen molar-refractivity contribution in [1.82, 2.24) is 9.97 Å². The van der Waals surface area contributed by atoms with Gasteiger partial charge in [-0.05, 0) is 20.8 Å². The molecule has 0 aliphatic carbocycles. The van der Waals surface area contributed by atoms with Crippen LogP contribution >= 0.6 is 0 Å². The lowest BCUT2D eigenvalue weighted by Gasteiger charge is -2.19. The Morgan fingerprint density at radius 2 is 1.89 bits per heavy atom. The number of amides is 1. The second-order valence-corrected chi connectivity index (χ2v) is 4.55. The van der Waals surface area contributed by atoms with Crippen molar-refractivity contribution in [2.45, 2.75) is 26.4 Å². The number of hydrogen-bond acceptors (Lipinski definition) is 6. The lowest BCUT2D eigenvalue weighted by molar-refractivity contribution is 0.0634. The minimum absolute atomic E-state index is 0.0674. The molecule has 1 aromatic heterocycles.